The highest BCUT2D eigenvalue weighted by atomic mass is 32.2. The Bertz CT molecular complexity index is 600. The monoisotopic (exact) mass is 344 g/mol. The Morgan fingerprint density at radius 3 is 2.95 bits per heavy atom. The normalized spacial score (nSPS) is 10.1. The molecule has 0 radical (unpaired) electrons. The van der Waals surface area contributed by atoms with E-state index in [9.17, 15) is 9.59 Å². The van der Waals surface area contributed by atoms with Gasteiger partial charge in [-0.1, -0.05) is 23.1 Å². The van der Waals surface area contributed by atoms with Crippen molar-refractivity contribution in [2.75, 3.05) is 23.0 Å². The summed E-state index contributed by atoms with van der Waals surface area (Å²) in [5.74, 6) is -0.133. The van der Waals surface area contributed by atoms with Crippen LogP contribution in [0.2, 0.25) is 0 Å². The van der Waals surface area contributed by atoms with E-state index >= 15 is 0 Å². The Labute approximate surface area is 133 Å². The third-order valence-corrected chi connectivity index (χ3v) is 4.73. The van der Waals surface area contributed by atoms with Gasteiger partial charge in [0, 0.05) is 0 Å². The molecule has 2 aromatic rings. The van der Waals surface area contributed by atoms with Crippen molar-refractivity contribution in [2.45, 2.75) is 11.3 Å². The van der Waals surface area contributed by atoms with Crippen molar-refractivity contribution < 1.29 is 14.3 Å². The molecule has 2 aromatic heterocycles. The first-order valence-electron chi connectivity index (χ1n) is 5.91. The summed E-state index contributed by atoms with van der Waals surface area (Å²) in [7, 11) is 0. The molecule has 0 fully saturated rings. The second-order valence-electron chi connectivity index (χ2n) is 3.52. The maximum absolute atomic E-state index is 11.7. The number of ether oxygens (including phenoxy) is 1. The molecule has 7 nitrogen and oxygen atoms in total. The van der Waals surface area contributed by atoms with Gasteiger partial charge < -0.3 is 4.74 Å². The van der Waals surface area contributed by atoms with Crippen LogP contribution in [0.5, 0.6) is 0 Å². The number of amides is 2. The van der Waals surface area contributed by atoms with E-state index in [1.165, 1.54) is 34.4 Å². The predicted molar refractivity (Wildman–Crippen MR) is 84.2 cm³/mol. The zero-order valence-electron chi connectivity index (χ0n) is 11.0. The molecule has 0 aliphatic carbocycles. The van der Waals surface area contributed by atoms with Gasteiger partial charge in [-0.25, -0.2) is 4.79 Å². The van der Waals surface area contributed by atoms with Gasteiger partial charge in [0.05, 0.1) is 17.4 Å². The van der Waals surface area contributed by atoms with E-state index in [1.807, 2.05) is 11.4 Å². The maximum atomic E-state index is 11.7. The number of hydrogen-bond donors (Lipinski definition) is 2. The van der Waals surface area contributed by atoms with Crippen LogP contribution in [0.25, 0.3) is 0 Å². The number of carbonyl (C=O) groups excluding carboxylic acids is 2. The SMILES string of the molecule is CCOC(=O)CSc1nnc(NC(=O)Nc2cccs2)s1. The molecule has 0 spiro atoms. The summed E-state index contributed by atoms with van der Waals surface area (Å²) in [5, 5.41) is 16.0. The number of urea groups is 1. The average Bonchev–Trinajstić information content (AvgIpc) is 3.08. The number of rotatable bonds is 6. The van der Waals surface area contributed by atoms with Gasteiger partial charge in [-0.15, -0.1) is 21.5 Å². The third-order valence-electron chi connectivity index (χ3n) is 2.00. The largest absolute Gasteiger partial charge is 0.465 e. The van der Waals surface area contributed by atoms with Gasteiger partial charge in [-0.2, -0.15) is 0 Å². The second-order valence-corrected chi connectivity index (χ2v) is 6.67. The topological polar surface area (TPSA) is 93.2 Å². The third kappa shape index (κ3) is 5.33. The summed E-state index contributed by atoms with van der Waals surface area (Å²) in [5.41, 5.74) is 0. The number of anilines is 2. The highest BCUT2D eigenvalue weighted by molar-refractivity contribution is 8.01. The predicted octanol–water partition coefficient (Wildman–Crippen LogP) is 2.90. The molecule has 0 unspecified atom stereocenters. The van der Waals surface area contributed by atoms with Crippen LogP contribution in [0.1, 0.15) is 6.92 Å². The van der Waals surface area contributed by atoms with E-state index in [0.717, 1.165) is 5.00 Å². The first-order valence-corrected chi connectivity index (χ1v) is 8.59. The van der Waals surface area contributed by atoms with Gasteiger partial charge in [0.2, 0.25) is 5.13 Å². The summed E-state index contributed by atoms with van der Waals surface area (Å²) < 4.78 is 5.40. The Balaban J connectivity index is 1.79. The molecular weight excluding hydrogens is 332 g/mol. The first kappa shape index (κ1) is 15.7. The molecule has 112 valence electrons. The van der Waals surface area contributed by atoms with E-state index in [0.29, 0.717) is 16.1 Å². The number of carbonyl (C=O) groups is 2. The average molecular weight is 344 g/mol. The van der Waals surface area contributed by atoms with Crippen molar-refractivity contribution in [1.29, 1.82) is 0 Å². The molecule has 2 N–H and O–H groups in total. The van der Waals surface area contributed by atoms with Crippen LogP contribution in [-0.2, 0) is 9.53 Å². The van der Waals surface area contributed by atoms with Crippen LogP contribution in [0.4, 0.5) is 14.9 Å². The molecule has 0 aliphatic heterocycles. The van der Waals surface area contributed by atoms with Crippen LogP contribution < -0.4 is 10.6 Å². The molecular formula is C11H12N4O3S3. The lowest BCUT2D eigenvalue weighted by Crippen LogP contribution is -2.18. The van der Waals surface area contributed by atoms with Gasteiger partial charge >= 0.3 is 12.0 Å². The van der Waals surface area contributed by atoms with E-state index in [4.69, 9.17) is 4.74 Å². The molecule has 0 bridgehead atoms. The fourth-order valence-electron chi connectivity index (χ4n) is 1.23. The van der Waals surface area contributed by atoms with Crippen LogP contribution in [0.3, 0.4) is 0 Å². The maximum Gasteiger partial charge on any atom is 0.326 e. The molecule has 0 saturated heterocycles. The van der Waals surface area contributed by atoms with E-state index < -0.39 is 0 Å². The lowest BCUT2D eigenvalue weighted by Gasteiger charge is -2.01. The zero-order chi connectivity index (χ0) is 15.1. The van der Waals surface area contributed by atoms with Gasteiger partial charge in [-0.3, -0.25) is 15.4 Å². The molecule has 0 saturated carbocycles. The molecule has 2 amide bonds. The van der Waals surface area contributed by atoms with Crippen molar-refractivity contribution in [2.24, 2.45) is 0 Å². The number of thioether (sulfide) groups is 1. The van der Waals surface area contributed by atoms with Crippen molar-refractivity contribution in [3.8, 4) is 0 Å². The molecule has 2 heterocycles. The minimum absolute atomic E-state index is 0.171. The fourth-order valence-corrected chi connectivity index (χ4v) is 3.39. The molecule has 21 heavy (non-hydrogen) atoms. The quantitative estimate of drug-likeness (QED) is 0.475. The smallest absolute Gasteiger partial charge is 0.326 e. The van der Waals surface area contributed by atoms with Gasteiger partial charge in [0.1, 0.15) is 0 Å². The Kier molecular flexibility index (Phi) is 5.96. The molecule has 2 rings (SSSR count). The first-order chi connectivity index (χ1) is 10.2. The number of nitrogens with one attached hydrogen (secondary N) is 2. The van der Waals surface area contributed by atoms with Crippen molar-refractivity contribution in [3.63, 3.8) is 0 Å². The highest BCUT2D eigenvalue weighted by Gasteiger charge is 2.11. The Morgan fingerprint density at radius 2 is 2.24 bits per heavy atom. The number of nitrogens with zero attached hydrogens (tertiary/aromatic N) is 2. The standard InChI is InChI=1S/C11H12N4O3S3/c1-2-18-8(16)6-20-11-15-14-10(21-11)13-9(17)12-7-4-3-5-19-7/h3-5H,2,6H2,1H3,(H2,12,13,14,17). The molecule has 0 atom stereocenters. The van der Waals surface area contributed by atoms with Gasteiger partial charge in [0.25, 0.3) is 0 Å². The summed E-state index contributed by atoms with van der Waals surface area (Å²) in [6.07, 6.45) is 0. The second kappa shape index (κ2) is 7.96. The molecule has 0 aromatic carbocycles. The van der Waals surface area contributed by atoms with Gasteiger partial charge in [0.15, 0.2) is 4.34 Å². The van der Waals surface area contributed by atoms with E-state index in [2.05, 4.69) is 20.8 Å². The minimum Gasteiger partial charge on any atom is -0.465 e. The van der Waals surface area contributed by atoms with Crippen LogP contribution >= 0.6 is 34.4 Å². The molecule has 0 aliphatic rings. The van der Waals surface area contributed by atoms with Gasteiger partial charge in [-0.05, 0) is 24.4 Å². The van der Waals surface area contributed by atoms with Crippen molar-refractivity contribution >= 4 is 56.6 Å². The van der Waals surface area contributed by atoms with E-state index in [1.54, 1.807) is 13.0 Å². The number of thiophene rings is 1. The van der Waals surface area contributed by atoms with Crippen molar-refractivity contribution in [3.05, 3.63) is 17.5 Å². The zero-order valence-corrected chi connectivity index (χ0v) is 13.4. The molecule has 10 heteroatoms. The summed E-state index contributed by atoms with van der Waals surface area (Å²) in [6, 6.07) is 3.26. The van der Waals surface area contributed by atoms with Crippen LogP contribution in [0.15, 0.2) is 21.9 Å². The Hall–Kier alpha value is -1.65. The lowest BCUT2D eigenvalue weighted by molar-refractivity contribution is -0.139. The number of aromatic nitrogens is 2. The number of esters is 1. The highest BCUT2D eigenvalue weighted by Crippen LogP contribution is 2.25. The summed E-state index contributed by atoms with van der Waals surface area (Å²) in [4.78, 5) is 22.9. The minimum atomic E-state index is -0.379. The lowest BCUT2D eigenvalue weighted by atomic mass is 10.6. The Morgan fingerprint density at radius 1 is 1.38 bits per heavy atom. The van der Waals surface area contributed by atoms with Crippen molar-refractivity contribution in [1.82, 2.24) is 10.2 Å². The van der Waals surface area contributed by atoms with E-state index in [-0.39, 0.29) is 17.8 Å². The fraction of sp³-hybridized carbons (Fsp3) is 0.273. The summed E-state index contributed by atoms with van der Waals surface area (Å²) >= 11 is 3.84. The number of hydrogen-bond acceptors (Lipinski definition) is 8. The summed E-state index contributed by atoms with van der Waals surface area (Å²) in [6.45, 7) is 2.10. The van der Waals surface area contributed by atoms with Crippen LogP contribution in [-0.4, -0.2) is 34.6 Å². The van der Waals surface area contributed by atoms with Crippen LogP contribution in [0, 0.1) is 0 Å².